The lowest BCUT2D eigenvalue weighted by atomic mass is 10.2. The standard InChI is InChI=1S/C17H16BrNO4S/c18-14-5-7-15(8-6-14)23-17(20)13-3-9-16(10-4-13)24(21,22)19-11-1-2-12-19/h3-10H,1-2,11-12H2. The summed E-state index contributed by atoms with van der Waals surface area (Å²) in [5.74, 6) is -0.0978. The Labute approximate surface area is 149 Å². The molecule has 0 bridgehead atoms. The molecule has 0 N–H and O–H groups in total. The smallest absolute Gasteiger partial charge is 0.343 e. The third-order valence-corrected chi connectivity index (χ3v) is 6.26. The lowest BCUT2D eigenvalue weighted by molar-refractivity contribution is 0.0734. The second-order valence-electron chi connectivity index (χ2n) is 5.48. The highest BCUT2D eigenvalue weighted by atomic mass is 79.9. The Kier molecular flexibility index (Phi) is 5.03. The van der Waals surface area contributed by atoms with E-state index in [1.54, 1.807) is 24.3 Å². The van der Waals surface area contributed by atoms with Gasteiger partial charge >= 0.3 is 5.97 Å². The van der Waals surface area contributed by atoms with Crippen LogP contribution in [0.4, 0.5) is 0 Å². The van der Waals surface area contributed by atoms with Crippen LogP contribution in [0.3, 0.4) is 0 Å². The molecule has 2 aromatic carbocycles. The predicted octanol–water partition coefficient (Wildman–Crippen LogP) is 3.45. The number of ether oxygens (including phenoxy) is 1. The van der Waals surface area contributed by atoms with Crippen molar-refractivity contribution in [3.63, 3.8) is 0 Å². The molecule has 1 aliphatic rings. The second kappa shape index (κ2) is 7.04. The zero-order chi connectivity index (χ0) is 17.2. The minimum absolute atomic E-state index is 0.199. The number of sulfonamides is 1. The van der Waals surface area contributed by atoms with Crippen molar-refractivity contribution in [1.29, 1.82) is 0 Å². The van der Waals surface area contributed by atoms with Gasteiger partial charge in [-0.2, -0.15) is 4.31 Å². The fourth-order valence-corrected chi connectivity index (χ4v) is 4.29. The van der Waals surface area contributed by atoms with Crippen molar-refractivity contribution in [2.75, 3.05) is 13.1 Å². The zero-order valence-electron chi connectivity index (χ0n) is 12.8. The summed E-state index contributed by atoms with van der Waals surface area (Å²) >= 11 is 3.31. The Hall–Kier alpha value is -1.70. The average molecular weight is 410 g/mol. The number of carbonyl (C=O) groups is 1. The van der Waals surface area contributed by atoms with Crippen LogP contribution in [0.5, 0.6) is 5.75 Å². The van der Waals surface area contributed by atoms with Crippen molar-refractivity contribution in [2.45, 2.75) is 17.7 Å². The van der Waals surface area contributed by atoms with Crippen molar-refractivity contribution in [1.82, 2.24) is 4.31 Å². The van der Waals surface area contributed by atoms with Gasteiger partial charge in [0.05, 0.1) is 10.5 Å². The molecule has 0 aromatic heterocycles. The van der Waals surface area contributed by atoms with Crippen LogP contribution in [0.15, 0.2) is 57.9 Å². The molecule has 1 aliphatic heterocycles. The number of halogens is 1. The van der Waals surface area contributed by atoms with Crippen LogP contribution in [0.25, 0.3) is 0 Å². The summed E-state index contributed by atoms with van der Waals surface area (Å²) in [5.41, 5.74) is 0.304. The minimum atomic E-state index is -3.47. The first kappa shape index (κ1) is 17.1. The van der Waals surface area contributed by atoms with Gasteiger partial charge in [0.25, 0.3) is 0 Å². The van der Waals surface area contributed by atoms with E-state index in [2.05, 4.69) is 15.9 Å². The van der Waals surface area contributed by atoms with Gasteiger partial charge in [0.2, 0.25) is 10.0 Å². The summed E-state index contributed by atoms with van der Waals surface area (Å²) < 4.78 is 32.5. The Bertz CT molecular complexity index is 826. The molecule has 0 radical (unpaired) electrons. The molecule has 126 valence electrons. The van der Waals surface area contributed by atoms with Gasteiger partial charge in [0.1, 0.15) is 5.75 Å². The van der Waals surface area contributed by atoms with Gasteiger partial charge in [-0.25, -0.2) is 13.2 Å². The molecule has 5 nitrogen and oxygen atoms in total. The van der Waals surface area contributed by atoms with Gasteiger partial charge in [0, 0.05) is 17.6 Å². The van der Waals surface area contributed by atoms with E-state index in [9.17, 15) is 13.2 Å². The maximum atomic E-state index is 12.4. The van der Waals surface area contributed by atoms with Crippen LogP contribution in [0, 0.1) is 0 Å². The summed E-state index contributed by atoms with van der Waals surface area (Å²) in [6.45, 7) is 1.10. The number of nitrogens with zero attached hydrogens (tertiary/aromatic N) is 1. The Morgan fingerprint density at radius 1 is 0.958 bits per heavy atom. The number of carbonyl (C=O) groups excluding carboxylic acids is 1. The highest BCUT2D eigenvalue weighted by Crippen LogP contribution is 2.22. The SMILES string of the molecule is O=C(Oc1ccc(Br)cc1)c1ccc(S(=O)(=O)N2CCCC2)cc1. The lowest BCUT2D eigenvalue weighted by Crippen LogP contribution is -2.27. The van der Waals surface area contributed by atoms with Gasteiger partial charge in [-0.05, 0) is 61.4 Å². The third kappa shape index (κ3) is 3.68. The summed E-state index contributed by atoms with van der Waals surface area (Å²) in [6.07, 6.45) is 1.77. The molecule has 0 aliphatic carbocycles. The van der Waals surface area contributed by atoms with E-state index in [0.717, 1.165) is 17.3 Å². The Balaban J connectivity index is 1.74. The monoisotopic (exact) mass is 409 g/mol. The second-order valence-corrected chi connectivity index (χ2v) is 8.33. The highest BCUT2D eigenvalue weighted by molar-refractivity contribution is 9.10. The third-order valence-electron chi connectivity index (χ3n) is 3.82. The molecule has 0 atom stereocenters. The van der Waals surface area contributed by atoms with Crippen LogP contribution in [-0.4, -0.2) is 31.8 Å². The molecule has 1 fully saturated rings. The molecule has 0 spiro atoms. The summed E-state index contributed by atoms with van der Waals surface area (Å²) in [7, 11) is -3.47. The molecule has 24 heavy (non-hydrogen) atoms. The van der Waals surface area contributed by atoms with E-state index in [1.807, 2.05) is 0 Å². The van der Waals surface area contributed by atoms with Crippen LogP contribution < -0.4 is 4.74 Å². The molecule has 7 heteroatoms. The Morgan fingerprint density at radius 3 is 2.12 bits per heavy atom. The topological polar surface area (TPSA) is 63.7 Å². The summed E-state index contributed by atoms with van der Waals surface area (Å²) in [6, 6.07) is 12.7. The minimum Gasteiger partial charge on any atom is -0.423 e. The van der Waals surface area contributed by atoms with E-state index in [1.165, 1.54) is 28.6 Å². The highest BCUT2D eigenvalue weighted by Gasteiger charge is 2.27. The molecule has 3 rings (SSSR count). The normalized spacial score (nSPS) is 15.4. The number of hydrogen-bond acceptors (Lipinski definition) is 4. The number of benzene rings is 2. The molecular weight excluding hydrogens is 394 g/mol. The van der Waals surface area contributed by atoms with Crippen LogP contribution in [0.1, 0.15) is 23.2 Å². The van der Waals surface area contributed by atoms with Gasteiger partial charge < -0.3 is 4.74 Å². The van der Waals surface area contributed by atoms with Crippen molar-refractivity contribution in [3.05, 3.63) is 58.6 Å². The van der Waals surface area contributed by atoms with E-state index < -0.39 is 16.0 Å². The molecule has 0 amide bonds. The van der Waals surface area contributed by atoms with Crippen LogP contribution in [-0.2, 0) is 10.0 Å². The van der Waals surface area contributed by atoms with Crippen molar-refractivity contribution in [3.8, 4) is 5.75 Å². The summed E-state index contributed by atoms with van der Waals surface area (Å²) in [5, 5.41) is 0. The van der Waals surface area contributed by atoms with Gasteiger partial charge in [-0.1, -0.05) is 15.9 Å². The van der Waals surface area contributed by atoms with Gasteiger partial charge in [-0.3, -0.25) is 0 Å². The van der Waals surface area contributed by atoms with Crippen LogP contribution in [0.2, 0.25) is 0 Å². The first-order valence-corrected chi connectivity index (χ1v) is 9.78. The quantitative estimate of drug-likeness (QED) is 0.572. The molecule has 2 aromatic rings. The molecule has 1 heterocycles. The fourth-order valence-electron chi connectivity index (χ4n) is 2.51. The first-order chi connectivity index (χ1) is 11.5. The van der Waals surface area contributed by atoms with Crippen molar-refractivity contribution >= 4 is 31.9 Å². The van der Waals surface area contributed by atoms with Gasteiger partial charge in [-0.15, -0.1) is 0 Å². The van der Waals surface area contributed by atoms with Crippen molar-refractivity contribution < 1.29 is 17.9 Å². The molecule has 1 saturated heterocycles. The van der Waals surface area contributed by atoms with E-state index in [-0.39, 0.29) is 4.90 Å². The maximum Gasteiger partial charge on any atom is 0.343 e. The number of esters is 1. The van der Waals surface area contributed by atoms with Crippen LogP contribution >= 0.6 is 15.9 Å². The number of hydrogen-bond donors (Lipinski definition) is 0. The van der Waals surface area contributed by atoms with E-state index >= 15 is 0 Å². The molecule has 0 saturated carbocycles. The maximum absolute atomic E-state index is 12.4. The first-order valence-electron chi connectivity index (χ1n) is 7.55. The predicted molar refractivity (Wildman–Crippen MR) is 93.5 cm³/mol. The van der Waals surface area contributed by atoms with E-state index in [0.29, 0.717) is 24.4 Å². The zero-order valence-corrected chi connectivity index (χ0v) is 15.2. The fraction of sp³-hybridized carbons (Fsp3) is 0.235. The Morgan fingerprint density at radius 2 is 1.54 bits per heavy atom. The molecular formula is C17H16BrNO4S. The van der Waals surface area contributed by atoms with Crippen molar-refractivity contribution in [2.24, 2.45) is 0 Å². The van der Waals surface area contributed by atoms with Gasteiger partial charge in [0.15, 0.2) is 0 Å². The average Bonchev–Trinajstić information content (AvgIpc) is 3.12. The lowest BCUT2D eigenvalue weighted by Gasteiger charge is -2.15. The summed E-state index contributed by atoms with van der Waals surface area (Å²) in [4.78, 5) is 12.3. The number of rotatable bonds is 4. The molecule has 0 unspecified atom stereocenters. The van der Waals surface area contributed by atoms with E-state index in [4.69, 9.17) is 4.74 Å². The largest absolute Gasteiger partial charge is 0.423 e.